The van der Waals surface area contributed by atoms with Crippen LogP contribution in [0.25, 0.3) is 0 Å². The molecule has 0 atom stereocenters. The van der Waals surface area contributed by atoms with Gasteiger partial charge in [-0.25, -0.2) is 0 Å². The minimum atomic E-state index is 0.303. The maximum Gasteiger partial charge on any atom is 0.0158 e. The zero-order chi connectivity index (χ0) is 35.4. The van der Waals surface area contributed by atoms with E-state index in [-0.39, 0.29) is 0 Å². The number of hydrogen-bond donors (Lipinski definition) is 0. The summed E-state index contributed by atoms with van der Waals surface area (Å²) in [5, 5.41) is 0. The molecule has 0 amide bonds. The fourth-order valence-electron chi connectivity index (χ4n) is 8.43. The molecule has 0 radical (unpaired) electrons. The van der Waals surface area contributed by atoms with Crippen molar-refractivity contribution in [2.45, 2.75) is 297 Å². The lowest BCUT2D eigenvalue weighted by Gasteiger charge is -2.49. The molecule has 0 aromatic rings. The Kier molecular flexibility index (Phi) is 35.3. The summed E-state index contributed by atoms with van der Waals surface area (Å²) in [5.74, 6) is 0. The highest BCUT2D eigenvalue weighted by molar-refractivity contribution is 4.92. The van der Waals surface area contributed by atoms with E-state index < -0.39 is 0 Å². The van der Waals surface area contributed by atoms with Crippen LogP contribution in [-0.2, 0) is 0 Å². The minimum Gasteiger partial charge on any atom is -0.293 e. The summed E-state index contributed by atoms with van der Waals surface area (Å²) in [6, 6.07) is 0. The van der Waals surface area contributed by atoms with Crippen molar-refractivity contribution < 1.29 is 0 Å². The zero-order valence-corrected chi connectivity index (χ0v) is 35.3. The Morgan fingerprint density at radius 1 is 0.250 bits per heavy atom. The third kappa shape index (κ3) is 30.8. The molecule has 0 aliphatic rings. The van der Waals surface area contributed by atoms with Gasteiger partial charge in [0.25, 0.3) is 0 Å². The molecular formula is C47H97N. The van der Waals surface area contributed by atoms with Gasteiger partial charge in [0.15, 0.2) is 0 Å². The van der Waals surface area contributed by atoms with Gasteiger partial charge < -0.3 is 0 Å². The van der Waals surface area contributed by atoms with Crippen molar-refractivity contribution in [3.8, 4) is 0 Å². The molecule has 0 N–H and O–H groups in total. The molecule has 0 saturated carbocycles. The first-order valence-electron chi connectivity index (χ1n) is 23.1. The molecule has 0 unspecified atom stereocenters. The van der Waals surface area contributed by atoms with Gasteiger partial charge in [0.05, 0.1) is 0 Å². The average molecular weight is 676 g/mol. The maximum atomic E-state index is 2.99. The number of rotatable bonds is 40. The lowest BCUT2D eigenvalue weighted by atomic mass is 9.85. The second-order valence-corrected chi connectivity index (χ2v) is 17.6. The van der Waals surface area contributed by atoms with Gasteiger partial charge in [-0.1, -0.05) is 239 Å². The predicted octanol–water partition coefficient (Wildman–Crippen LogP) is 17.3. The van der Waals surface area contributed by atoms with Crippen molar-refractivity contribution in [3.05, 3.63) is 0 Å². The molecule has 0 aliphatic heterocycles. The van der Waals surface area contributed by atoms with Crippen LogP contribution in [0.2, 0.25) is 0 Å². The van der Waals surface area contributed by atoms with Crippen LogP contribution in [-0.4, -0.2) is 22.5 Å². The lowest BCUT2D eigenvalue weighted by molar-refractivity contribution is 0.00151. The van der Waals surface area contributed by atoms with Gasteiger partial charge in [-0.15, -0.1) is 0 Å². The van der Waals surface area contributed by atoms with E-state index in [2.05, 4.69) is 53.4 Å². The fourth-order valence-corrected chi connectivity index (χ4v) is 8.43. The Bertz CT molecular complexity index is 568. The highest BCUT2D eigenvalue weighted by atomic mass is 15.2. The molecule has 290 valence electrons. The summed E-state index contributed by atoms with van der Waals surface area (Å²) in [5.41, 5.74) is 0.607. The van der Waals surface area contributed by atoms with Crippen molar-refractivity contribution in [2.24, 2.45) is 0 Å². The molecule has 48 heavy (non-hydrogen) atoms. The van der Waals surface area contributed by atoms with Crippen LogP contribution >= 0.6 is 0 Å². The molecule has 0 fully saturated rings. The van der Waals surface area contributed by atoms with Crippen molar-refractivity contribution in [2.75, 3.05) is 6.54 Å². The summed E-state index contributed by atoms with van der Waals surface area (Å²) >= 11 is 0. The van der Waals surface area contributed by atoms with E-state index in [0.717, 1.165) is 0 Å². The first kappa shape index (κ1) is 48.0. The monoisotopic (exact) mass is 676 g/mol. The van der Waals surface area contributed by atoms with E-state index in [1.165, 1.54) is 244 Å². The number of nitrogens with zero attached hydrogens (tertiary/aromatic N) is 1. The Hall–Kier alpha value is -0.0400. The molecule has 0 heterocycles. The van der Waals surface area contributed by atoms with Gasteiger partial charge >= 0.3 is 0 Å². The van der Waals surface area contributed by atoms with E-state index in [9.17, 15) is 0 Å². The molecule has 0 saturated heterocycles. The summed E-state index contributed by atoms with van der Waals surface area (Å²) < 4.78 is 0. The fraction of sp³-hybridized carbons (Fsp3) is 1.00. The summed E-state index contributed by atoms with van der Waals surface area (Å²) in [6.07, 6.45) is 53.3. The molecule has 0 bridgehead atoms. The van der Waals surface area contributed by atoms with Crippen LogP contribution in [0.15, 0.2) is 0 Å². The van der Waals surface area contributed by atoms with Crippen molar-refractivity contribution >= 4 is 0 Å². The standard InChI is InChI=1S/C47H97N/c1-8-11-14-17-20-23-26-27-30-33-36-39-42-45-48(46(4,5)43-40-37-34-31-28-24-21-18-15-12-9-2)47(6,7)44-41-38-35-32-29-25-22-19-16-13-10-3/h8-45H2,1-7H3. The van der Waals surface area contributed by atoms with E-state index in [0.29, 0.717) is 11.1 Å². The number of unbranched alkanes of at least 4 members (excludes halogenated alkanes) is 32. The molecular weight excluding hydrogens is 579 g/mol. The Labute approximate surface area is 307 Å². The molecule has 1 heteroatoms. The van der Waals surface area contributed by atoms with Gasteiger partial charge in [-0.05, 0) is 53.5 Å². The molecule has 0 spiro atoms. The van der Waals surface area contributed by atoms with Gasteiger partial charge in [0.2, 0.25) is 0 Å². The zero-order valence-electron chi connectivity index (χ0n) is 35.3. The highest BCUT2D eigenvalue weighted by Gasteiger charge is 2.36. The predicted molar refractivity (Wildman–Crippen MR) is 223 cm³/mol. The summed E-state index contributed by atoms with van der Waals surface area (Å²) in [6.45, 7) is 18.6. The SMILES string of the molecule is CCCCCCCCCCCCCCCN(C(C)(C)CCCCCCCCCCCCC)C(C)(C)CCCCCCCCCCCCC. The van der Waals surface area contributed by atoms with Gasteiger partial charge in [-0.3, -0.25) is 4.90 Å². The second kappa shape index (κ2) is 35.4. The van der Waals surface area contributed by atoms with Crippen molar-refractivity contribution in [3.63, 3.8) is 0 Å². The normalized spacial score (nSPS) is 12.5. The Morgan fingerprint density at radius 2 is 0.438 bits per heavy atom. The second-order valence-electron chi connectivity index (χ2n) is 17.6. The molecule has 0 rings (SSSR count). The maximum absolute atomic E-state index is 2.99. The van der Waals surface area contributed by atoms with Gasteiger partial charge in [-0.2, -0.15) is 0 Å². The van der Waals surface area contributed by atoms with Crippen LogP contribution in [0, 0.1) is 0 Å². The first-order valence-corrected chi connectivity index (χ1v) is 23.1. The van der Waals surface area contributed by atoms with Crippen LogP contribution in [0.1, 0.15) is 286 Å². The number of hydrogen-bond acceptors (Lipinski definition) is 1. The summed E-state index contributed by atoms with van der Waals surface area (Å²) in [4.78, 5) is 2.99. The Balaban J connectivity index is 4.53. The van der Waals surface area contributed by atoms with Crippen LogP contribution in [0.5, 0.6) is 0 Å². The van der Waals surface area contributed by atoms with Crippen LogP contribution < -0.4 is 0 Å². The third-order valence-electron chi connectivity index (χ3n) is 11.7. The molecule has 0 aromatic heterocycles. The van der Waals surface area contributed by atoms with E-state index in [1.54, 1.807) is 0 Å². The van der Waals surface area contributed by atoms with Gasteiger partial charge in [0.1, 0.15) is 0 Å². The average Bonchev–Trinajstić information content (AvgIpc) is 3.06. The Morgan fingerprint density at radius 3 is 0.667 bits per heavy atom. The lowest BCUT2D eigenvalue weighted by Crippen LogP contribution is -2.55. The third-order valence-corrected chi connectivity index (χ3v) is 11.7. The largest absolute Gasteiger partial charge is 0.293 e. The molecule has 0 aromatic carbocycles. The van der Waals surface area contributed by atoms with Gasteiger partial charge in [0, 0.05) is 11.1 Å². The topological polar surface area (TPSA) is 3.24 Å². The minimum absolute atomic E-state index is 0.303. The van der Waals surface area contributed by atoms with Crippen LogP contribution in [0.3, 0.4) is 0 Å². The van der Waals surface area contributed by atoms with E-state index in [1.807, 2.05) is 0 Å². The first-order chi connectivity index (χ1) is 23.3. The van der Waals surface area contributed by atoms with Crippen molar-refractivity contribution in [1.29, 1.82) is 0 Å². The van der Waals surface area contributed by atoms with Crippen molar-refractivity contribution in [1.82, 2.24) is 4.90 Å². The highest BCUT2D eigenvalue weighted by Crippen LogP contribution is 2.34. The van der Waals surface area contributed by atoms with Crippen LogP contribution in [0.4, 0.5) is 0 Å². The molecule has 0 aliphatic carbocycles. The molecule has 1 nitrogen and oxygen atoms in total. The quantitative estimate of drug-likeness (QED) is 0.0584. The smallest absolute Gasteiger partial charge is 0.0158 e. The van der Waals surface area contributed by atoms with E-state index >= 15 is 0 Å². The summed E-state index contributed by atoms with van der Waals surface area (Å²) in [7, 11) is 0. The van der Waals surface area contributed by atoms with E-state index in [4.69, 9.17) is 0 Å².